The Labute approximate surface area is 88.1 Å². The Morgan fingerprint density at radius 3 is 2.57 bits per heavy atom. The number of aryl methyl sites for hydroxylation is 1. The van der Waals surface area contributed by atoms with Gasteiger partial charge in [-0.15, -0.1) is 0 Å². The molecule has 0 aliphatic heterocycles. The molecule has 0 saturated heterocycles. The van der Waals surface area contributed by atoms with Crippen molar-refractivity contribution in [2.24, 2.45) is 0 Å². The molecule has 0 bridgehead atoms. The normalized spacial score (nSPS) is 11.3. The second kappa shape index (κ2) is 4.66. The molecular formula is C9H11ClO3S. The Morgan fingerprint density at radius 1 is 1.36 bits per heavy atom. The maximum Gasteiger partial charge on any atom is 0.235 e. The predicted octanol–water partition coefficient (Wildman–Crippen LogP) is 1.94. The van der Waals surface area contributed by atoms with Gasteiger partial charge < -0.3 is 4.74 Å². The molecule has 5 heteroatoms. The van der Waals surface area contributed by atoms with Crippen molar-refractivity contribution in [2.45, 2.75) is 6.92 Å². The highest BCUT2D eigenvalue weighted by molar-refractivity contribution is 8.13. The fourth-order valence-corrected chi connectivity index (χ4v) is 1.44. The van der Waals surface area contributed by atoms with Gasteiger partial charge in [-0.25, -0.2) is 8.42 Å². The fraction of sp³-hybridized carbons (Fsp3) is 0.333. The van der Waals surface area contributed by atoms with Gasteiger partial charge in [-0.1, -0.05) is 18.2 Å². The highest BCUT2D eigenvalue weighted by atomic mass is 35.7. The van der Waals surface area contributed by atoms with E-state index in [1.165, 1.54) is 0 Å². The van der Waals surface area contributed by atoms with Crippen LogP contribution in [-0.2, 0) is 9.05 Å². The van der Waals surface area contributed by atoms with Crippen LogP contribution in [0.1, 0.15) is 5.56 Å². The topological polar surface area (TPSA) is 43.4 Å². The van der Waals surface area contributed by atoms with Crippen molar-refractivity contribution >= 4 is 19.7 Å². The van der Waals surface area contributed by atoms with Crippen LogP contribution in [0.2, 0.25) is 0 Å². The third-order valence-corrected chi connectivity index (χ3v) is 2.80. The summed E-state index contributed by atoms with van der Waals surface area (Å²) in [6.07, 6.45) is 0. The molecule has 0 aliphatic rings. The quantitative estimate of drug-likeness (QED) is 0.748. The number of ether oxygens (including phenoxy) is 1. The molecule has 0 saturated carbocycles. The Balaban J connectivity index is 2.51. The molecule has 0 unspecified atom stereocenters. The standard InChI is InChI=1S/C9H11ClO3S/c1-8-4-2-3-5-9(8)13-6-7-14(10,11)12/h2-5H,6-7H2,1H3. The first kappa shape index (κ1) is 11.3. The first-order valence-corrected chi connectivity index (χ1v) is 6.57. The highest BCUT2D eigenvalue weighted by Crippen LogP contribution is 2.16. The number of rotatable bonds is 4. The average Bonchev–Trinajstić information content (AvgIpc) is 2.06. The van der Waals surface area contributed by atoms with Gasteiger partial charge in [0.15, 0.2) is 0 Å². The first-order valence-electron chi connectivity index (χ1n) is 4.10. The summed E-state index contributed by atoms with van der Waals surface area (Å²) in [5.74, 6) is 0.510. The van der Waals surface area contributed by atoms with Crippen LogP contribution < -0.4 is 4.74 Å². The average molecular weight is 235 g/mol. The molecule has 0 atom stereocenters. The van der Waals surface area contributed by atoms with Gasteiger partial charge in [-0.05, 0) is 18.6 Å². The Bertz CT molecular complexity index is 400. The van der Waals surface area contributed by atoms with Crippen LogP contribution >= 0.6 is 10.7 Å². The van der Waals surface area contributed by atoms with E-state index in [1.54, 1.807) is 6.07 Å². The van der Waals surface area contributed by atoms with Crippen LogP contribution in [0.3, 0.4) is 0 Å². The van der Waals surface area contributed by atoms with E-state index in [9.17, 15) is 8.42 Å². The molecule has 78 valence electrons. The van der Waals surface area contributed by atoms with Gasteiger partial charge in [0, 0.05) is 10.7 Å². The molecule has 0 aromatic heterocycles. The third kappa shape index (κ3) is 3.98. The number of benzene rings is 1. The van der Waals surface area contributed by atoms with Gasteiger partial charge in [0.05, 0.1) is 5.75 Å². The molecule has 0 radical (unpaired) electrons. The molecule has 14 heavy (non-hydrogen) atoms. The molecule has 0 amide bonds. The highest BCUT2D eigenvalue weighted by Gasteiger charge is 2.05. The van der Waals surface area contributed by atoms with Crippen LogP contribution in [-0.4, -0.2) is 20.8 Å². The lowest BCUT2D eigenvalue weighted by atomic mass is 10.2. The summed E-state index contributed by atoms with van der Waals surface area (Å²) >= 11 is 0. The second-order valence-corrected chi connectivity index (χ2v) is 5.75. The van der Waals surface area contributed by atoms with Crippen LogP contribution in [0.5, 0.6) is 5.75 Å². The van der Waals surface area contributed by atoms with E-state index in [4.69, 9.17) is 15.4 Å². The van der Waals surface area contributed by atoms with E-state index in [1.807, 2.05) is 25.1 Å². The van der Waals surface area contributed by atoms with Crippen LogP contribution in [0.25, 0.3) is 0 Å². The van der Waals surface area contributed by atoms with Crippen molar-refractivity contribution in [3.8, 4) is 5.75 Å². The molecule has 1 aromatic carbocycles. The Hall–Kier alpha value is -0.740. The van der Waals surface area contributed by atoms with Crippen molar-refractivity contribution in [2.75, 3.05) is 12.4 Å². The molecule has 0 aliphatic carbocycles. The molecular weight excluding hydrogens is 224 g/mol. The van der Waals surface area contributed by atoms with Gasteiger partial charge in [0.25, 0.3) is 0 Å². The van der Waals surface area contributed by atoms with E-state index in [0.717, 1.165) is 5.56 Å². The summed E-state index contributed by atoms with van der Waals surface area (Å²) in [6.45, 7) is 1.97. The number of hydrogen-bond donors (Lipinski definition) is 0. The fourth-order valence-electron chi connectivity index (χ4n) is 0.970. The van der Waals surface area contributed by atoms with E-state index >= 15 is 0 Å². The van der Waals surface area contributed by atoms with Gasteiger partial charge in [0.1, 0.15) is 12.4 Å². The molecule has 1 aromatic rings. The van der Waals surface area contributed by atoms with Crippen LogP contribution in [0, 0.1) is 6.92 Å². The predicted molar refractivity (Wildman–Crippen MR) is 56.3 cm³/mol. The summed E-state index contributed by atoms with van der Waals surface area (Å²) in [5.41, 5.74) is 0.972. The maximum atomic E-state index is 10.6. The molecule has 0 heterocycles. The second-order valence-electron chi connectivity index (χ2n) is 2.86. The monoisotopic (exact) mass is 234 g/mol. The summed E-state index contributed by atoms with van der Waals surface area (Å²) in [7, 11) is 1.57. The maximum absolute atomic E-state index is 10.6. The molecule has 3 nitrogen and oxygen atoms in total. The summed E-state index contributed by atoms with van der Waals surface area (Å²) in [5, 5.41) is 0. The van der Waals surface area contributed by atoms with E-state index in [2.05, 4.69) is 0 Å². The minimum absolute atomic E-state index is 0.0800. The zero-order valence-electron chi connectivity index (χ0n) is 7.73. The summed E-state index contributed by atoms with van der Waals surface area (Å²) in [6, 6.07) is 7.40. The van der Waals surface area contributed by atoms with Gasteiger partial charge >= 0.3 is 0 Å². The van der Waals surface area contributed by atoms with Crippen LogP contribution in [0.15, 0.2) is 24.3 Å². The lowest BCUT2D eigenvalue weighted by Crippen LogP contribution is -2.09. The molecule has 0 N–H and O–H groups in total. The number of hydrogen-bond acceptors (Lipinski definition) is 3. The largest absolute Gasteiger partial charge is 0.492 e. The molecule has 0 spiro atoms. The smallest absolute Gasteiger partial charge is 0.235 e. The Kier molecular flexibility index (Phi) is 3.77. The van der Waals surface area contributed by atoms with Crippen molar-refractivity contribution in [3.05, 3.63) is 29.8 Å². The zero-order valence-corrected chi connectivity index (χ0v) is 9.31. The summed E-state index contributed by atoms with van der Waals surface area (Å²) < 4.78 is 26.4. The SMILES string of the molecule is Cc1ccccc1OCCS(=O)(=O)Cl. The zero-order chi connectivity index (χ0) is 10.6. The molecule has 0 fully saturated rings. The number of para-hydroxylation sites is 1. The molecule has 1 rings (SSSR count). The van der Waals surface area contributed by atoms with E-state index in [0.29, 0.717) is 5.75 Å². The minimum Gasteiger partial charge on any atom is -0.492 e. The van der Waals surface area contributed by atoms with Gasteiger partial charge in [-0.3, -0.25) is 0 Å². The minimum atomic E-state index is -3.46. The van der Waals surface area contributed by atoms with Crippen molar-refractivity contribution in [1.29, 1.82) is 0 Å². The van der Waals surface area contributed by atoms with Gasteiger partial charge in [-0.2, -0.15) is 0 Å². The first-order chi connectivity index (χ1) is 6.49. The van der Waals surface area contributed by atoms with Crippen molar-refractivity contribution in [3.63, 3.8) is 0 Å². The Morgan fingerprint density at radius 2 is 2.00 bits per heavy atom. The van der Waals surface area contributed by atoms with Crippen molar-refractivity contribution < 1.29 is 13.2 Å². The van der Waals surface area contributed by atoms with Crippen LogP contribution in [0.4, 0.5) is 0 Å². The lowest BCUT2D eigenvalue weighted by molar-refractivity contribution is 0.339. The van der Waals surface area contributed by atoms with E-state index in [-0.39, 0.29) is 12.4 Å². The van der Waals surface area contributed by atoms with Gasteiger partial charge in [0.2, 0.25) is 9.05 Å². The summed E-state index contributed by atoms with van der Waals surface area (Å²) in [4.78, 5) is 0. The van der Waals surface area contributed by atoms with E-state index < -0.39 is 9.05 Å². The van der Waals surface area contributed by atoms with Crippen molar-refractivity contribution in [1.82, 2.24) is 0 Å². The lowest BCUT2D eigenvalue weighted by Gasteiger charge is -2.06. The third-order valence-electron chi connectivity index (χ3n) is 1.68. The number of halogens is 1.